The van der Waals surface area contributed by atoms with Gasteiger partial charge in [0.2, 0.25) is 0 Å². The van der Waals surface area contributed by atoms with E-state index in [-0.39, 0.29) is 22.4 Å². The first-order valence-electron chi connectivity index (χ1n) is 14.4. The molecular formula is C33H40ClF3N4. The second-order valence-corrected chi connectivity index (χ2v) is 13.1. The normalized spacial score (nSPS) is 20.5. The molecule has 1 N–H and O–H groups in total. The summed E-state index contributed by atoms with van der Waals surface area (Å²) in [5.74, 6) is 0.381. The van der Waals surface area contributed by atoms with Gasteiger partial charge in [-0.05, 0) is 105 Å². The van der Waals surface area contributed by atoms with Crippen molar-refractivity contribution in [3.8, 4) is 0 Å². The molecule has 0 bridgehead atoms. The maximum atomic E-state index is 14.2. The number of fused-ring (bicyclic) bond motifs is 2. The van der Waals surface area contributed by atoms with Gasteiger partial charge in [-0.2, -0.15) is 13.2 Å². The maximum Gasteiger partial charge on any atom is 0.417 e. The fourth-order valence-corrected chi connectivity index (χ4v) is 7.11. The molecule has 5 rings (SSSR count). The van der Waals surface area contributed by atoms with Crippen molar-refractivity contribution in [1.29, 1.82) is 0 Å². The van der Waals surface area contributed by atoms with Crippen LogP contribution in [0.1, 0.15) is 62.6 Å². The highest BCUT2D eigenvalue weighted by Gasteiger charge is 2.44. The van der Waals surface area contributed by atoms with Gasteiger partial charge in [-0.25, -0.2) is 4.98 Å². The van der Waals surface area contributed by atoms with Crippen LogP contribution in [0.3, 0.4) is 0 Å². The summed E-state index contributed by atoms with van der Waals surface area (Å²) in [7, 11) is 1.86. The van der Waals surface area contributed by atoms with Gasteiger partial charge in [-0.15, -0.1) is 0 Å². The summed E-state index contributed by atoms with van der Waals surface area (Å²) in [5.41, 5.74) is 3.72. The Hall–Kier alpha value is -2.77. The Morgan fingerprint density at radius 1 is 1.22 bits per heavy atom. The Bertz CT molecular complexity index is 1350. The molecule has 1 aromatic heterocycles. The van der Waals surface area contributed by atoms with Crippen molar-refractivity contribution in [3.63, 3.8) is 0 Å². The Morgan fingerprint density at radius 3 is 2.56 bits per heavy atom. The molecule has 41 heavy (non-hydrogen) atoms. The van der Waals surface area contributed by atoms with Crippen LogP contribution >= 0.6 is 11.6 Å². The second-order valence-electron chi connectivity index (χ2n) is 12.7. The molecule has 0 unspecified atom stereocenters. The third-order valence-corrected chi connectivity index (χ3v) is 9.51. The molecule has 2 aromatic rings. The number of rotatable bonds is 8. The van der Waals surface area contributed by atoms with Gasteiger partial charge in [-0.3, -0.25) is 0 Å². The van der Waals surface area contributed by atoms with E-state index in [1.54, 1.807) is 12.3 Å². The van der Waals surface area contributed by atoms with E-state index < -0.39 is 11.7 Å². The van der Waals surface area contributed by atoms with Gasteiger partial charge in [-0.1, -0.05) is 44.7 Å². The van der Waals surface area contributed by atoms with Crippen LogP contribution in [0, 0.1) is 5.41 Å². The topological polar surface area (TPSA) is 31.4 Å². The Labute approximate surface area is 247 Å². The van der Waals surface area contributed by atoms with Gasteiger partial charge < -0.3 is 15.1 Å². The number of nitrogens with one attached hydrogen (secondary N) is 1. The van der Waals surface area contributed by atoms with Crippen molar-refractivity contribution in [1.82, 2.24) is 9.88 Å². The molecule has 220 valence electrons. The van der Waals surface area contributed by atoms with Crippen LogP contribution in [0.15, 0.2) is 61.5 Å². The van der Waals surface area contributed by atoms with E-state index in [2.05, 4.69) is 48.3 Å². The number of aryl methyl sites for hydroxylation is 1. The number of piperidine rings is 1. The molecule has 0 amide bonds. The van der Waals surface area contributed by atoms with E-state index in [0.29, 0.717) is 12.2 Å². The van der Waals surface area contributed by atoms with Gasteiger partial charge in [0.15, 0.2) is 0 Å². The minimum absolute atomic E-state index is 0.0987. The molecule has 3 aliphatic rings. The predicted molar refractivity (Wildman–Crippen MR) is 164 cm³/mol. The molecule has 2 fully saturated rings. The SMILES string of the molecule is C=C/C=C(\c1cc(CCCN2CCC3(CC2)C(=C)Nc2ccc(Cl)cc23)cnc1N(C)C1CC(C)(C)C1)C(F)(F)F. The smallest absolute Gasteiger partial charge is 0.358 e. The average Bonchev–Trinajstić information content (AvgIpc) is 3.16. The minimum atomic E-state index is -4.51. The van der Waals surface area contributed by atoms with Crippen molar-refractivity contribution >= 4 is 28.7 Å². The lowest BCUT2D eigenvalue weighted by atomic mass is 9.68. The first-order chi connectivity index (χ1) is 19.3. The molecule has 1 saturated heterocycles. The lowest BCUT2D eigenvalue weighted by Gasteiger charge is -2.47. The first kappa shape index (κ1) is 29.7. The number of nitrogens with zero attached hydrogens (tertiary/aromatic N) is 3. The summed E-state index contributed by atoms with van der Waals surface area (Å²) in [6.45, 7) is 15.0. The van der Waals surface area contributed by atoms with Crippen LogP contribution in [-0.4, -0.2) is 48.8 Å². The monoisotopic (exact) mass is 584 g/mol. The first-order valence-corrected chi connectivity index (χ1v) is 14.8. The molecule has 4 nitrogen and oxygen atoms in total. The van der Waals surface area contributed by atoms with E-state index >= 15 is 0 Å². The van der Waals surface area contributed by atoms with Crippen molar-refractivity contribution < 1.29 is 13.2 Å². The van der Waals surface area contributed by atoms with Gasteiger partial charge in [0.25, 0.3) is 0 Å². The standard InChI is InChI=1S/C33H40ClF3N4/c1-6-8-27(33(35,36)37)26-17-23(21-38-30(26)40(5)25-19-31(3,4)20-25)9-7-14-41-15-12-32(13-16-41)22(2)39-29-11-10-24(34)18-28(29)32/h6,8,10-11,17-18,21,25,39H,1-2,7,9,12-16,19-20H2,3-5H3/b27-8+. The van der Waals surface area contributed by atoms with Crippen molar-refractivity contribution in [2.45, 2.75) is 70.0 Å². The fraction of sp³-hybridized carbons (Fsp3) is 0.485. The number of likely N-dealkylation sites (tertiary alicyclic amines) is 1. The summed E-state index contributed by atoms with van der Waals surface area (Å²) in [6, 6.07) is 7.85. The zero-order valence-corrected chi connectivity index (χ0v) is 25.0. The number of benzene rings is 1. The number of alkyl halides is 3. The van der Waals surface area contributed by atoms with Gasteiger partial charge in [0.1, 0.15) is 5.82 Å². The second kappa shape index (κ2) is 11.1. The van der Waals surface area contributed by atoms with Crippen LogP contribution in [0.25, 0.3) is 5.57 Å². The van der Waals surface area contributed by atoms with Gasteiger partial charge in [0.05, 0.1) is 5.57 Å². The average molecular weight is 585 g/mol. The molecule has 0 atom stereocenters. The largest absolute Gasteiger partial charge is 0.417 e. The lowest BCUT2D eigenvalue weighted by Crippen LogP contribution is -2.47. The van der Waals surface area contributed by atoms with E-state index in [4.69, 9.17) is 11.6 Å². The van der Waals surface area contributed by atoms with E-state index in [1.165, 1.54) is 11.6 Å². The molecule has 1 saturated carbocycles. The van der Waals surface area contributed by atoms with Crippen LogP contribution in [0.5, 0.6) is 0 Å². The fourth-order valence-electron chi connectivity index (χ4n) is 6.94. The van der Waals surface area contributed by atoms with Crippen molar-refractivity contribution in [3.05, 3.63) is 83.2 Å². The van der Waals surface area contributed by atoms with Gasteiger partial charge >= 0.3 is 6.18 Å². The summed E-state index contributed by atoms with van der Waals surface area (Å²) in [5, 5.41) is 4.19. The highest BCUT2D eigenvalue weighted by Crippen LogP contribution is 2.50. The Morgan fingerprint density at radius 2 is 1.93 bits per heavy atom. The molecule has 2 aliphatic heterocycles. The molecule has 0 radical (unpaired) electrons. The molecule has 8 heteroatoms. The summed E-state index contributed by atoms with van der Waals surface area (Å²) in [6.07, 6.45) is 4.78. The number of aromatic nitrogens is 1. The van der Waals surface area contributed by atoms with Crippen LogP contribution < -0.4 is 10.2 Å². The maximum absolute atomic E-state index is 14.2. The highest BCUT2D eigenvalue weighted by atomic mass is 35.5. The molecule has 1 spiro atoms. The van der Waals surface area contributed by atoms with Gasteiger partial charge in [0, 0.05) is 46.7 Å². The number of hydrogen-bond acceptors (Lipinski definition) is 4. The van der Waals surface area contributed by atoms with Crippen LogP contribution in [0.2, 0.25) is 5.02 Å². The van der Waals surface area contributed by atoms with E-state index in [0.717, 1.165) is 79.8 Å². The molecular weight excluding hydrogens is 545 g/mol. The highest BCUT2D eigenvalue weighted by molar-refractivity contribution is 6.30. The van der Waals surface area contributed by atoms with E-state index in [9.17, 15) is 13.2 Å². The molecule has 1 aromatic carbocycles. The zero-order valence-electron chi connectivity index (χ0n) is 24.3. The summed E-state index contributed by atoms with van der Waals surface area (Å²) >= 11 is 6.32. The molecule has 3 heterocycles. The lowest BCUT2D eigenvalue weighted by molar-refractivity contribution is -0.0689. The number of allylic oxidation sites excluding steroid dienone is 4. The third-order valence-electron chi connectivity index (χ3n) is 9.27. The van der Waals surface area contributed by atoms with E-state index in [1.807, 2.05) is 24.1 Å². The Kier molecular flexibility index (Phi) is 8.07. The predicted octanol–water partition coefficient (Wildman–Crippen LogP) is 8.40. The number of anilines is 2. The third kappa shape index (κ3) is 5.94. The summed E-state index contributed by atoms with van der Waals surface area (Å²) in [4.78, 5) is 8.97. The number of halogens is 4. The van der Waals surface area contributed by atoms with Crippen molar-refractivity contribution in [2.75, 3.05) is 36.9 Å². The number of hydrogen-bond donors (Lipinski definition) is 1. The number of pyridine rings is 1. The van der Waals surface area contributed by atoms with Crippen LogP contribution in [0.4, 0.5) is 24.7 Å². The van der Waals surface area contributed by atoms with Crippen LogP contribution in [-0.2, 0) is 11.8 Å². The quantitative estimate of drug-likeness (QED) is 0.316. The Balaban J connectivity index is 1.26. The molecule has 1 aliphatic carbocycles. The van der Waals surface area contributed by atoms with Crippen molar-refractivity contribution in [2.24, 2.45) is 5.41 Å². The zero-order chi connectivity index (χ0) is 29.6. The summed E-state index contributed by atoms with van der Waals surface area (Å²) < 4.78 is 42.5. The minimum Gasteiger partial charge on any atom is -0.358 e.